The van der Waals surface area contributed by atoms with Crippen LogP contribution < -0.4 is 9.75 Å². The number of hydrazone groups is 1. The van der Waals surface area contributed by atoms with Crippen LogP contribution >= 0.6 is 0 Å². The topological polar surface area (TPSA) is 66.6 Å². The fourth-order valence-electron chi connectivity index (χ4n) is 2.24. The predicted octanol–water partition coefficient (Wildman–Crippen LogP) is 3.57. The smallest absolute Gasteiger partial charge is 0.280 e. The van der Waals surface area contributed by atoms with Gasteiger partial charge in [-0.05, 0) is 31.2 Å². The van der Waals surface area contributed by atoms with Gasteiger partial charge in [-0.2, -0.15) is 20.3 Å². The molecule has 0 radical (unpaired) electrons. The number of nitrogens with zero attached hydrogens (tertiary/aromatic N) is 4. The van der Waals surface area contributed by atoms with Crippen molar-refractivity contribution in [3.8, 4) is 5.75 Å². The summed E-state index contributed by atoms with van der Waals surface area (Å²) in [6.45, 7) is 1.77. The summed E-state index contributed by atoms with van der Waals surface area (Å²) in [7, 11) is 1.59. The monoisotopic (exact) mass is 308 g/mol. The van der Waals surface area contributed by atoms with E-state index in [0.29, 0.717) is 17.1 Å². The highest BCUT2D eigenvalue weighted by molar-refractivity contribution is 6.18. The van der Waals surface area contributed by atoms with Crippen LogP contribution in [0.25, 0.3) is 0 Å². The van der Waals surface area contributed by atoms with Gasteiger partial charge in [0.1, 0.15) is 5.75 Å². The van der Waals surface area contributed by atoms with Gasteiger partial charge in [-0.3, -0.25) is 4.79 Å². The van der Waals surface area contributed by atoms with Gasteiger partial charge in [0, 0.05) is 6.07 Å². The molecule has 1 amide bonds. The van der Waals surface area contributed by atoms with Gasteiger partial charge in [0.2, 0.25) is 0 Å². The van der Waals surface area contributed by atoms with E-state index in [1.807, 2.05) is 42.5 Å². The molecule has 2 aromatic rings. The maximum atomic E-state index is 12.5. The van der Waals surface area contributed by atoms with Crippen molar-refractivity contribution >= 4 is 23.0 Å². The lowest BCUT2D eigenvalue weighted by Crippen LogP contribution is -2.29. The molecule has 0 saturated heterocycles. The van der Waals surface area contributed by atoms with E-state index in [9.17, 15) is 4.79 Å². The van der Waals surface area contributed by atoms with Gasteiger partial charge in [-0.1, -0.05) is 24.3 Å². The van der Waals surface area contributed by atoms with Crippen LogP contribution in [0, 0.1) is 0 Å². The SMILES string of the molecule is COc1cccc(N=N[C@@H]2C(=O)N(c3ccccc3)N=C2C)c1. The molecule has 1 aliphatic rings. The average molecular weight is 308 g/mol. The van der Waals surface area contributed by atoms with E-state index in [0.717, 1.165) is 5.69 Å². The minimum atomic E-state index is -0.693. The molecule has 0 unspecified atom stereocenters. The summed E-state index contributed by atoms with van der Waals surface area (Å²) in [4.78, 5) is 12.5. The molecule has 0 aromatic heterocycles. The average Bonchev–Trinajstić information content (AvgIpc) is 2.88. The highest BCUT2D eigenvalue weighted by atomic mass is 16.5. The van der Waals surface area contributed by atoms with E-state index in [1.54, 1.807) is 26.2 Å². The Kier molecular flexibility index (Phi) is 4.14. The molecule has 116 valence electrons. The summed E-state index contributed by atoms with van der Waals surface area (Å²) in [6.07, 6.45) is 0. The van der Waals surface area contributed by atoms with Gasteiger partial charge < -0.3 is 4.74 Å². The Labute approximate surface area is 134 Å². The van der Waals surface area contributed by atoms with Gasteiger partial charge in [-0.15, -0.1) is 0 Å². The van der Waals surface area contributed by atoms with Gasteiger partial charge in [-0.25, -0.2) is 0 Å². The van der Waals surface area contributed by atoms with E-state index in [2.05, 4.69) is 15.3 Å². The molecular weight excluding hydrogens is 292 g/mol. The molecule has 0 fully saturated rings. The number of para-hydroxylation sites is 1. The van der Waals surface area contributed by atoms with Gasteiger partial charge in [0.25, 0.3) is 5.91 Å². The second-order valence-corrected chi connectivity index (χ2v) is 5.05. The molecule has 23 heavy (non-hydrogen) atoms. The van der Waals surface area contributed by atoms with Crippen molar-refractivity contribution in [1.29, 1.82) is 0 Å². The molecule has 0 aliphatic carbocycles. The van der Waals surface area contributed by atoms with Crippen molar-refractivity contribution in [2.75, 3.05) is 12.1 Å². The van der Waals surface area contributed by atoms with E-state index in [4.69, 9.17) is 4.74 Å². The zero-order chi connectivity index (χ0) is 16.2. The Morgan fingerprint density at radius 1 is 1.13 bits per heavy atom. The number of rotatable bonds is 4. The lowest BCUT2D eigenvalue weighted by atomic mass is 10.2. The van der Waals surface area contributed by atoms with Gasteiger partial charge in [0.05, 0.1) is 24.2 Å². The van der Waals surface area contributed by atoms with Crippen LogP contribution in [-0.2, 0) is 4.79 Å². The van der Waals surface area contributed by atoms with Crippen LogP contribution in [0.1, 0.15) is 6.92 Å². The lowest BCUT2D eigenvalue weighted by Gasteiger charge is -2.11. The van der Waals surface area contributed by atoms with Crippen LogP contribution in [0.5, 0.6) is 5.75 Å². The van der Waals surface area contributed by atoms with Crippen molar-refractivity contribution in [2.45, 2.75) is 13.0 Å². The second kappa shape index (κ2) is 6.39. The zero-order valence-electron chi connectivity index (χ0n) is 12.9. The quantitative estimate of drug-likeness (QED) is 0.810. The Morgan fingerprint density at radius 2 is 1.91 bits per heavy atom. The van der Waals surface area contributed by atoms with Crippen LogP contribution in [-0.4, -0.2) is 24.8 Å². The van der Waals surface area contributed by atoms with E-state index in [-0.39, 0.29) is 5.91 Å². The maximum Gasteiger partial charge on any atom is 0.280 e. The minimum Gasteiger partial charge on any atom is -0.497 e. The number of methoxy groups -OCH3 is 1. The number of hydrogen-bond acceptors (Lipinski definition) is 5. The summed E-state index contributed by atoms with van der Waals surface area (Å²) >= 11 is 0. The molecule has 0 saturated carbocycles. The summed E-state index contributed by atoms with van der Waals surface area (Å²) in [6, 6.07) is 15.8. The third-order valence-corrected chi connectivity index (χ3v) is 3.44. The fraction of sp³-hybridized carbons (Fsp3) is 0.176. The first-order valence-electron chi connectivity index (χ1n) is 7.18. The Bertz CT molecular complexity index is 771. The first-order valence-corrected chi connectivity index (χ1v) is 7.18. The third-order valence-electron chi connectivity index (χ3n) is 3.44. The van der Waals surface area contributed by atoms with E-state index in [1.165, 1.54) is 5.01 Å². The van der Waals surface area contributed by atoms with E-state index < -0.39 is 6.04 Å². The van der Waals surface area contributed by atoms with Gasteiger partial charge in [0.15, 0.2) is 6.04 Å². The normalized spacial score (nSPS) is 17.7. The predicted molar refractivity (Wildman–Crippen MR) is 88.3 cm³/mol. The van der Waals surface area contributed by atoms with Crippen molar-refractivity contribution in [3.05, 3.63) is 54.6 Å². The fourth-order valence-corrected chi connectivity index (χ4v) is 2.24. The van der Waals surface area contributed by atoms with Crippen molar-refractivity contribution in [2.24, 2.45) is 15.3 Å². The molecule has 0 spiro atoms. The molecular formula is C17H16N4O2. The Balaban J connectivity index is 1.80. The number of anilines is 1. The molecule has 6 heteroatoms. The highest BCUT2D eigenvalue weighted by Gasteiger charge is 2.34. The molecule has 1 heterocycles. The molecule has 3 rings (SSSR count). The van der Waals surface area contributed by atoms with Crippen molar-refractivity contribution in [3.63, 3.8) is 0 Å². The Morgan fingerprint density at radius 3 is 2.65 bits per heavy atom. The Hall–Kier alpha value is -3.02. The number of azo groups is 1. The minimum absolute atomic E-state index is 0.208. The van der Waals surface area contributed by atoms with Crippen LogP contribution in [0.2, 0.25) is 0 Å². The molecule has 6 nitrogen and oxygen atoms in total. The lowest BCUT2D eigenvalue weighted by molar-refractivity contribution is -0.117. The second-order valence-electron chi connectivity index (χ2n) is 5.05. The van der Waals surface area contributed by atoms with Gasteiger partial charge >= 0.3 is 0 Å². The maximum absolute atomic E-state index is 12.5. The standard InChI is InChI=1S/C17H16N4O2/c1-12-16(19-18-13-7-6-10-15(11-13)23-2)17(22)21(20-12)14-8-4-3-5-9-14/h3-11,16H,1-2H3/t16-/m0/s1. The summed E-state index contributed by atoms with van der Waals surface area (Å²) in [5, 5.41) is 14.0. The molecule has 0 N–H and O–H groups in total. The van der Waals surface area contributed by atoms with Crippen molar-refractivity contribution < 1.29 is 9.53 Å². The number of carbonyl (C=O) groups is 1. The number of ether oxygens (including phenoxy) is 1. The number of amides is 1. The highest BCUT2D eigenvalue weighted by Crippen LogP contribution is 2.24. The number of hydrogen-bond donors (Lipinski definition) is 0. The summed E-state index contributed by atoms with van der Waals surface area (Å²) in [5.74, 6) is 0.482. The van der Waals surface area contributed by atoms with Crippen LogP contribution in [0.4, 0.5) is 11.4 Å². The number of carbonyl (C=O) groups excluding carboxylic acids is 1. The third kappa shape index (κ3) is 3.11. The van der Waals surface area contributed by atoms with Crippen LogP contribution in [0.15, 0.2) is 69.9 Å². The molecule has 0 bridgehead atoms. The zero-order valence-corrected chi connectivity index (χ0v) is 12.9. The van der Waals surface area contributed by atoms with Crippen LogP contribution in [0.3, 0.4) is 0 Å². The first-order chi connectivity index (χ1) is 11.2. The molecule has 2 aromatic carbocycles. The molecule has 1 atom stereocenters. The molecule has 1 aliphatic heterocycles. The number of benzene rings is 2. The summed E-state index contributed by atoms with van der Waals surface area (Å²) in [5.41, 5.74) is 1.96. The van der Waals surface area contributed by atoms with Crippen molar-refractivity contribution in [1.82, 2.24) is 0 Å². The largest absolute Gasteiger partial charge is 0.497 e. The van der Waals surface area contributed by atoms with E-state index >= 15 is 0 Å². The summed E-state index contributed by atoms with van der Waals surface area (Å²) < 4.78 is 5.14. The first kappa shape index (κ1) is 14.9.